The summed E-state index contributed by atoms with van der Waals surface area (Å²) in [5.74, 6) is 0.667. The summed E-state index contributed by atoms with van der Waals surface area (Å²) in [6.07, 6.45) is 2.39. The van der Waals surface area contributed by atoms with Crippen LogP contribution in [0.5, 0.6) is 0 Å². The number of carbonyl (C=O) groups is 1. The van der Waals surface area contributed by atoms with Crippen LogP contribution in [0, 0.1) is 0 Å². The average molecular weight is 641 g/mol. The molecule has 3 heterocycles. The number of aromatic amines is 1. The van der Waals surface area contributed by atoms with Gasteiger partial charge in [0.15, 0.2) is 0 Å². The van der Waals surface area contributed by atoms with Crippen LogP contribution in [-0.2, 0) is 17.8 Å². The van der Waals surface area contributed by atoms with Gasteiger partial charge in [-0.2, -0.15) is 0 Å². The zero-order chi connectivity index (χ0) is 33.0. The van der Waals surface area contributed by atoms with Crippen LogP contribution >= 0.6 is 0 Å². The molecular formula is C42H48N4O2. The number of amides is 1. The Bertz CT molecular complexity index is 1840. The first-order valence-corrected chi connectivity index (χ1v) is 17.8. The summed E-state index contributed by atoms with van der Waals surface area (Å²) < 4.78 is 5.77. The molecule has 7 rings (SSSR count). The first-order valence-electron chi connectivity index (χ1n) is 17.8. The Morgan fingerprint density at radius 1 is 0.917 bits per heavy atom. The van der Waals surface area contributed by atoms with Gasteiger partial charge in [0.1, 0.15) is 6.61 Å². The van der Waals surface area contributed by atoms with E-state index in [4.69, 9.17) is 4.74 Å². The summed E-state index contributed by atoms with van der Waals surface area (Å²) >= 11 is 0. The van der Waals surface area contributed by atoms with E-state index < -0.39 is 6.09 Å². The summed E-state index contributed by atoms with van der Waals surface area (Å²) in [6.45, 7) is 11.5. The van der Waals surface area contributed by atoms with Gasteiger partial charge in [-0.05, 0) is 73.7 Å². The Kier molecular flexibility index (Phi) is 9.53. The Balaban J connectivity index is 1.23. The lowest BCUT2D eigenvalue weighted by atomic mass is 9.84. The van der Waals surface area contributed by atoms with Gasteiger partial charge in [-0.15, -0.1) is 0 Å². The molecule has 1 aromatic heterocycles. The molecular weight excluding hydrogens is 592 g/mol. The maximum Gasteiger partial charge on any atom is 0.407 e. The van der Waals surface area contributed by atoms with Crippen LogP contribution in [0.25, 0.3) is 10.9 Å². The number of carbonyl (C=O) groups excluding carboxylic acids is 1. The molecule has 48 heavy (non-hydrogen) atoms. The number of nitrogens with zero attached hydrogens (tertiary/aromatic N) is 2. The van der Waals surface area contributed by atoms with Crippen molar-refractivity contribution in [3.05, 3.63) is 137 Å². The number of rotatable bonds is 11. The van der Waals surface area contributed by atoms with E-state index in [2.05, 4.69) is 108 Å². The number of benzene rings is 4. The zero-order valence-electron chi connectivity index (χ0n) is 28.5. The fourth-order valence-electron chi connectivity index (χ4n) is 8.17. The molecule has 1 amide bonds. The van der Waals surface area contributed by atoms with Gasteiger partial charge >= 0.3 is 6.09 Å². The van der Waals surface area contributed by atoms with E-state index in [-0.39, 0.29) is 18.6 Å². The highest BCUT2D eigenvalue weighted by atomic mass is 16.5. The maximum absolute atomic E-state index is 13.4. The number of likely N-dealkylation sites (tertiary alicyclic amines) is 1. The quantitative estimate of drug-likeness (QED) is 0.151. The summed E-state index contributed by atoms with van der Waals surface area (Å²) in [7, 11) is 0. The SMILES string of the molecule is CCN1CCC2c3cc(C(C)c4[nH]c5ccccc5c4C(CCc4ccccc4)NC(=O)OCc4ccccc4)ccc3N(CC)C2C1. The van der Waals surface area contributed by atoms with Crippen molar-refractivity contribution in [1.29, 1.82) is 0 Å². The molecule has 4 unspecified atom stereocenters. The lowest BCUT2D eigenvalue weighted by Crippen LogP contribution is -2.48. The van der Waals surface area contributed by atoms with Gasteiger partial charge in [-0.25, -0.2) is 4.79 Å². The number of piperidine rings is 1. The molecule has 0 saturated carbocycles. The molecule has 2 aliphatic rings. The normalized spacial score (nSPS) is 18.7. The number of aromatic nitrogens is 1. The summed E-state index contributed by atoms with van der Waals surface area (Å²) in [6, 6.07) is 36.4. The van der Waals surface area contributed by atoms with Crippen molar-refractivity contribution in [3.8, 4) is 0 Å². The molecule has 2 aliphatic heterocycles. The molecule has 4 aromatic carbocycles. The molecule has 0 aliphatic carbocycles. The van der Waals surface area contributed by atoms with Crippen molar-refractivity contribution < 1.29 is 9.53 Å². The standard InChI is InChI=1S/C42H48N4O2/c1-4-45-25-24-33-35-26-32(21-23-38(35)46(5-2)39(33)27-45)29(3)41-40(34-18-12-13-19-36(34)43-41)37(22-20-30-14-8-6-9-15-30)44-42(47)48-28-31-16-10-7-11-17-31/h6-19,21,23,26,29,33,37,39,43H,4-5,20,22,24-25,27-28H2,1-3H3,(H,44,47). The van der Waals surface area contributed by atoms with Crippen molar-refractivity contribution in [3.63, 3.8) is 0 Å². The fourth-order valence-corrected chi connectivity index (χ4v) is 8.17. The minimum Gasteiger partial charge on any atom is -0.445 e. The molecule has 2 N–H and O–H groups in total. The van der Waals surface area contributed by atoms with Crippen LogP contribution in [0.4, 0.5) is 10.5 Å². The number of anilines is 1. The number of likely N-dealkylation sites (N-methyl/N-ethyl adjacent to an activating group) is 2. The minimum atomic E-state index is -0.401. The number of fused-ring (bicyclic) bond motifs is 4. The highest BCUT2D eigenvalue weighted by molar-refractivity contribution is 5.86. The van der Waals surface area contributed by atoms with Gasteiger partial charge in [0.05, 0.1) is 6.04 Å². The highest BCUT2D eigenvalue weighted by Crippen LogP contribution is 2.47. The predicted molar refractivity (Wildman–Crippen MR) is 196 cm³/mol. The zero-order valence-corrected chi connectivity index (χ0v) is 28.5. The van der Waals surface area contributed by atoms with Crippen LogP contribution in [0.3, 0.4) is 0 Å². The second kappa shape index (κ2) is 14.3. The Labute approximate surface area is 285 Å². The van der Waals surface area contributed by atoms with E-state index in [1.165, 1.54) is 28.8 Å². The summed E-state index contributed by atoms with van der Waals surface area (Å²) in [5, 5.41) is 4.45. The van der Waals surface area contributed by atoms with Crippen molar-refractivity contribution in [2.75, 3.05) is 31.1 Å². The fraction of sp³-hybridized carbons (Fsp3) is 0.357. The van der Waals surface area contributed by atoms with E-state index in [0.717, 1.165) is 66.7 Å². The number of hydrogen-bond donors (Lipinski definition) is 2. The third-order valence-corrected chi connectivity index (χ3v) is 10.7. The molecule has 0 radical (unpaired) electrons. The Morgan fingerprint density at radius 3 is 2.40 bits per heavy atom. The minimum absolute atomic E-state index is 0.101. The van der Waals surface area contributed by atoms with Crippen molar-refractivity contribution in [1.82, 2.24) is 15.2 Å². The molecule has 1 saturated heterocycles. The van der Waals surface area contributed by atoms with E-state index in [1.54, 1.807) is 0 Å². The third-order valence-electron chi connectivity index (χ3n) is 10.7. The number of alkyl carbamates (subject to hydrolysis) is 1. The van der Waals surface area contributed by atoms with Gasteiger partial charge in [-0.3, -0.25) is 0 Å². The Hall–Kier alpha value is -4.55. The van der Waals surface area contributed by atoms with Crippen molar-refractivity contribution in [2.24, 2.45) is 0 Å². The second-order valence-electron chi connectivity index (χ2n) is 13.5. The smallest absolute Gasteiger partial charge is 0.407 e. The average Bonchev–Trinajstić information content (AvgIpc) is 3.68. The Morgan fingerprint density at radius 2 is 1.65 bits per heavy atom. The topological polar surface area (TPSA) is 60.6 Å². The monoisotopic (exact) mass is 640 g/mol. The number of ether oxygens (including phenoxy) is 1. The van der Waals surface area contributed by atoms with E-state index >= 15 is 0 Å². The maximum atomic E-state index is 13.4. The number of hydrogen-bond acceptors (Lipinski definition) is 4. The molecule has 6 heteroatoms. The predicted octanol–water partition coefficient (Wildman–Crippen LogP) is 8.94. The van der Waals surface area contributed by atoms with Gasteiger partial charge in [0.2, 0.25) is 0 Å². The van der Waals surface area contributed by atoms with Gasteiger partial charge in [-0.1, -0.05) is 105 Å². The van der Waals surface area contributed by atoms with Crippen LogP contribution in [0.2, 0.25) is 0 Å². The first kappa shape index (κ1) is 32.0. The lowest BCUT2D eigenvalue weighted by Gasteiger charge is -2.38. The van der Waals surface area contributed by atoms with Crippen LogP contribution in [0.1, 0.15) is 85.0 Å². The summed E-state index contributed by atoms with van der Waals surface area (Å²) in [4.78, 5) is 22.5. The lowest BCUT2D eigenvalue weighted by molar-refractivity contribution is 0.135. The molecule has 4 atom stereocenters. The molecule has 1 fully saturated rings. The second-order valence-corrected chi connectivity index (χ2v) is 13.5. The van der Waals surface area contributed by atoms with Gasteiger partial charge in [0, 0.05) is 58.8 Å². The van der Waals surface area contributed by atoms with E-state index in [0.29, 0.717) is 12.0 Å². The highest BCUT2D eigenvalue weighted by Gasteiger charge is 2.41. The molecule has 0 spiro atoms. The van der Waals surface area contributed by atoms with Crippen LogP contribution in [-0.4, -0.2) is 48.2 Å². The number of H-pyrrole nitrogens is 1. The molecule has 5 aromatic rings. The van der Waals surface area contributed by atoms with Crippen LogP contribution in [0.15, 0.2) is 103 Å². The van der Waals surface area contributed by atoms with E-state index in [9.17, 15) is 4.79 Å². The van der Waals surface area contributed by atoms with Gasteiger partial charge in [0.25, 0.3) is 0 Å². The van der Waals surface area contributed by atoms with E-state index in [1.807, 2.05) is 36.4 Å². The molecule has 6 nitrogen and oxygen atoms in total. The van der Waals surface area contributed by atoms with Crippen molar-refractivity contribution >= 4 is 22.7 Å². The molecule has 248 valence electrons. The molecule has 0 bridgehead atoms. The number of para-hydroxylation sites is 1. The first-order chi connectivity index (χ1) is 23.5. The van der Waals surface area contributed by atoms with Gasteiger partial charge < -0.3 is 24.8 Å². The largest absolute Gasteiger partial charge is 0.445 e. The summed E-state index contributed by atoms with van der Waals surface area (Å²) in [5.41, 5.74) is 9.82. The van der Waals surface area contributed by atoms with Crippen molar-refractivity contribution in [2.45, 2.75) is 70.6 Å². The number of nitrogens with one attached hydrogen (secondary N) is 2. The third kappa shape index (κ3) is 6.46. The number of aryl methyl sites for hydroxylation is 1. The van der Waals surface area contributed by atoms with Crippen LogP contribution < -0.4 is 10.2 Å².